The second-order valence-corrected chi connectivity index (χ2v) is 6.90. The summed E-state index contributed by atoms with van der Waals surface area (Å²) in [6, 6.07) is 23.2. The summed E-state index contributed by atoms with van der Waals surface area (Å²) in [5.41, 5.74) is 9.20. The SMILES string of the molecule is NCCCOc1cccc2c1c1cccc3c1n2C(c1ccccc1)CO3. The molecule has 0 bridgehead atoms. The van der Waals surface area contributed by atoms with Crippen molar-refractivity contribution in [3.8, 4) is 11.5 Å². The van der Waals surface area contributed by atoms with Gasteiger partial charge in [0, 0.05) is 10.8 Å². The number of ether oxygens (including phenoxy) is 2. The van der Waals surface area contributed by atoms with E-state index in [1.807, 2.05) is 18.2 Å². The smallest absolute Gasteiger partial charge is 0.143 e. The van der Waals surface area contributed by atoms with Gasteiger partial charge in [0.25, 0.3) is 0 Å². The van der Waals surface area contributed by atoms with Crippen LogP contribution in [-0.2, 0) is 0 Å². The number of nitrogens with two attached hydrogens (primary N) is 1. The maximum Gasteiger partial charge on any atom is 0.143 e. The lowest BCUT2D eigenvalue weighted by Crippen LogP contribution is -2.22. The third-order valence-corrected chi connectivity index (χ3v) is 5.27. The van der Waals surface area contributed by atoms with Gasteiger partial charge in [0.1, 0.15) is 18.1 Å². The molecule has 1 unspecified atom stereocenters. The van der Waals surface area contributed by atoms with E-state index in [1.54, 1.807) is 0 Å². The van der Waals surface area contributed by atoms with Crippen molar-refractivity contribution < 1.29 is 9.47 Å². The monoisotopic (exact) mass is 358 g/mol. The van der Waals surface area contributed by atoms with Crippen molar-refractivity contribution in [3.63, 3.8) is 0 Å². The maximum absolute atomic E-state index is 6.15. The highest BCUT2D eigenvalue weighted by Crippen LogP contribution is 2.44. The van der Waals surface area contributed by atoms with Crippen LogP contribution in [0, 0.1) is 0 Å². The zero-order valence-corrected chi connectivity index (χ0v) is 15.1. The molecule has 2 heterocycles. The van der Waals surface area contributed by atoms with E-state index in [1.165, 1.54) is 16.5 Å². The van der Waals surface area contributed by atoms with Gasteiger partial charge in [-0.15, -0.1) is 0 Å². The zero-order valence-electron chi connectivity index (χ0n) is 15.1. The molecule has 0 amide bonds. The first kappa shape index (κ1) is 16.2. The number of benzene rings is 3. The molecule has 0 aliphatic carbocycles. The van der Waals surface area contributed by atoms with Gasteiger partial charge in [-0.25, -0.2) is 0 Å². The van der Waals surface area contributed by atoms with Crippen molar-refractivity contribution >= 4 is 21.8 Å². The van der Waals surface area contributed by atoms with Gasteiger partial charge in [0.15, 0.2) is 0 Å². The Hall–Kier alpha value is -2.98. The van der Waals surface area contributed by atoms with Crippen molar-refractivity contribution in [1.29, 1.82) is 0 Å². The van der Waals surface area contributed by atoms with E-state index in [0.29, 0.717) is 19.8 Å². The Morgan fingerprint density at radius 1 is 1.00 bits per heavy atom. The van der Waals surface area contributed by atoms with Gasteiger partial charge in [-0.1, -0.05) is 48.5 Å². The highest BCUT2D eigenvalue weighted by molar-refractivity contribution is 6.13. The molecule has 1 aliphatic rings. The van der Waals surface area contributed by atoms with Crippen LogP contribution in [0.4, 0.5) is 0 Å². The first-order chi connectivity index (χ1) is 13.4. The molecule has 1 aromatic heterocycles. The third kappa shape index (κ3) is 2.56. The van der Waals surface area contributed by atoms with Gasteiger partial charge >= 0.3 is 0 Å². The summed E-state index contributed by atoms with van der Waals surface area (Å²) in [5, 5.41) is 2.32. The lowest BCUT2D eigenvalue weighted by atomic mass is 10.1. The number of fused-ring (bicyclic) bond motifs is 3. The standard InChI is InChI=1S/C23H22N2O2/c24-13-6-14-26-20-11-5-10-18-22(20)17-9-4-12-21-23(17)25(18)19(15-27-21)16-7-2-1-3-8-16/h1-5,7-12,19H,6,13-15,24H2. The van der Waals surface area contributed by atoms with Crippen molar-refractivity contribution in [2.45, 2.75) is 12.5 Å². The molecule has 3 aromatic carbocycles. The van der Waals surface area contributed by atoms with E-state index < -0.39 is 0 Å². The number of hydrogen-bond acceptors (Lipinski definition) is 3. The van der Waals surface area contributed by atoms with Gasteiger partial charge in [-0.3, -0.25) is 0 Å². The summed E-state index contributed by atoms with van der Waals surface area (Å²) in [7, 11) is 0. The number of hydrogen-bond donors (Lipinski definition) is 1. The number of rotatable bonds is 5. The molecule has 27 heavy (non-hydrogen) atoms. The van der Waals surface area contributed by atoms with Crippen LogP contribution in [0.15, 0.2) is 66.7 Å². The van der Waals surface area contributed by atoms with Crippen LogP contribution in [0.2, 0.25) is 0 Å². The summed E-state index contributed by atoms with van der Waals surface area (Å²) >= 11 is 0. The van der Waals surface area contributed by atoms with E-state index in [0.717, 1.165) is 28.8 Å². The minimum absolute atomic E-state index is 0.139. The van der Waals surface area contributed by atoms with Crippen molar-refractivity contribution in [2.24, 2.45) is 5.73 Å². The normalized spacial score (nSPS) is 15.8. The Morgan fingerprint density at radius 3 is 2.70 bits per heavy atom. The number of para-hydroxylation sites is 1. The first-order valence-corrected chi connectivity index (χ1v) is 9.44. The van der Waals surface area contributed by atoms with Crippen LogP contribution in [0.5, 0.6) is 11.5 Å². The maximum atomic E-state index is 6.15. The lowest BCUT2D eigenvalue weighted by molar-refractivity contribution is 0.262. The predicted octanol–water partition coefficient (Wildman–Crippen LogP) is 4.50. The average Bonchev–Trinajstić information content (AvgIpc) is 3.07. The van der Waals surface area contributed by atoms with E-state index in [4.69, 9.17) is 15.2 Å². The minimum atomic E-state index is 0.139. The summed E-state index contributed by atoms with van der Waals surface area (Å²) < 4.78 is 14.7. The Kier molecular flexibility index (Phi) is 3.98. The fraction of sp³-hybridized carbons (Fsp3) is 0.217. The Balaban J connectivity index is 1.77. The third-order valence-electron chi connectivity index (χ3n) is 5.27. The summed E-state index contributed by atoms with van der Waals surface area (Å²) in [6.07, 6.45) is 0.843. The summed E-state index contributed by atoms with van der Waals surface area (Å²) in [5.74, 6) is 1.85. The molecule has 0 radical (unpaired) electrons. The van der Waals surface area contributed by atoms with Crippen molar-refractivity contribution in [2.75, 3.05) is 19.8 Å². The van der Waals surface area contributed by atoms with Crippen LogP contribution in [-0.4, -0.2) is 24.3 Å². The highest BCUT2D eigenvalue weighted by Gasteiger charge is 2.28. The molecule has 4 heteroatoms. The molecule has 4 nitrogen and oxygen atoms in total. The molecule has 4 aromatic rings. The van der Waals surface area contributed by atoms with Gasteiger partial charge in [-0.2, -0.15) is 0 Å². The highest BCUT2D eigenvalue weighted by atomic mass is 16.5. The first-order valence-electron chi connectivity index (χ1n) is 9.44. The second kappa shape index (κ2) is 6.63. The van der Waals surface area contributed by atoms with E-state index in [-0.39, 0.29) is 6.04 Å². The molecule has 0 spiro atoms. The molecule has 0 fully saturated rings. The van der Waals surface area contributed by atoms with Crippen LogP contribution < -0.4 is 15.2 Å². The largest absolute Gasteiger partial charge is 0.493 e. The molecule has 136 valence electrons. The van der Waals surface area contributed by atoms with E-state index in [9.17, 15) is 0 Å². The number of nitrogens with zero attached hydrogens (tertiary/aromatic N) is 1. The Morgan fingerprint density at radius 2 is 1.85 bits per heavy atom. The second-order valence-electron chi connectivity index (χ2n) is 6.90. The molecule has 2 N–H and O–H groups in total. The number of aromatic nitrogens is 1. The molecule has 0 saturated heterocycles. The molecular weight excluding hydrogens is 336 g/mol. The summed E-state index contributed by atoms with van der Waals surface area (Å²) in [4.78, 5) is 0. The van der Waals surface area contributed by atoms with Crippen molar-refractivity contribution in [1.82, 2.24) is 4.57 Å². The Labute approximate surface area is 158 Å². The summed E-state index contributed by atoms with van der Waals surface area (Å²) in [6.45, 7) is 1.88. The van der Waals surface area contributed by atoms with E-state index >= 15 is 0 Å². The molecule has 1 aliphatic heterocycles. The van der Waals surface area contributed by atoms with Gasteiger partial charge < -0.3 is 19.8 Å². The van der Waals surface area contributed by atoms with E-state index in [2.05, 4.69) is 53.1 Å². The average molecular weight is 358 g/mol. The van der Waals surface area contributed by atoms with Crippen LogP contribution in [0.25, 0.3) is 21.8 Å². The minimum Gasteiger partial charge on any atom is -0.493 e. The Bertz CT molecular complexity index is 1100. The molecule has 0 saturated carbocycles. The molecule has 1 atom stereocenters. The fourth-order valence-corrected chi connectivity index (χ4v) is 4.07. The zero-order chi connectivity index (χ0) is 18.2. The van der Waals surface area contributed by atoms with Gasteiger partial charge in [0.2, 0.25) is 0 Å². The quantitative estimate of drug-likeness (QED) is 0.534. The topological polar surface area (TPSA) is 49.4 Å². The lowest BCUT2D eigenvalue weighted by Gasteiger charge is -2.27. The van der Waals surface area contributed by atoms with Crippen LogP contribution in [0.3, 0.4) is 0 Å². The fourth-order valence-electron chi connectivity index (χ4n) is 4.07. The van der Waals surface area contributed by atoms with Crippen molar-refractivity contribution in [3.05, 3.63) is 72.3 Å². The van der Waals surface area contributed by atoms with Gasteiger partial charge in [-0.05, 0) is 36.7 Å². The molecule has 5 rings (SSSR count). The van der Waals surface area contributed by atoms with Crippen LogP contribution in [0.1, 0.15) is 18.0 Å². The van der Waals surface area contributed by atoms with Gasteiger partial charge in [0.05, 0.1) is 23.7 Å². The van der Waals surface area contributed by atoms with Crippen LogP contribution >= 0.6 is 0 Å². The predicted molar refractivity (Wildman–Crippen MR) is 109 cm³/mol. The molecular formula is C23H22N2O2.